The van der Waals surface area contributed by atoms with Crippen LogP contribution >= 0.6 is 11.8 Å². The number of aromatic nitrogens is 3. The molecular formula is C17H13N5O2S. The first-order valence-electron chi connectivity index (χ1n) is 7.38. The van der Waals surface area contributed by atoms with Gasteiger partial charge in [-0.25, -0.2) is 0 Å². The van der Waals surface area contributed by atoms with Crippen molar-refractivity contribution in [3.05, 3.63) is 54.4 Å². The minimum atomic E-state index is -0.475. The van der Waals surface area contributed by atoms with Crippen LogP contribution in [-0.4, -0.2) is 26.3 Å². The summed E-state index contributed by atoms with van der Waals surface area (Å²) in [7, 11) is 0. The summed E-state index contributed by atoms with van der Waals surface area (Å²) in [5, 5.41) is 19.6. The molecule has 0 spiro atoms. The van der Waals surface area contributed by atoms with Crippen LogP contribution in [0.4, 0.5) is 5.69 Å². The van der Waals surface area contributed by atoms with Gasteiger partial charge in [0.1, 0.15) is 6.07 Å². The van der Waals surface area contributed by atoms with Gasteiger partial charge < -0.3 is 9.73 Å². The number of anilines is 1. The minimum Gasteiger partial charge on any atom is -0.411 e. The van der Waals surface area contributed by atoms with E-state index in [0.717, 1.165) is 17.3 Å². The number of carbonyl (C=O) groups excluding carboxylic acids is 1. The predicted octanol–water partition coefficient (Wildman–Crippen LogP) is 3.12. The maximum Gasteiger partial charge on any atom is 0.277 e. The molecule has 0 aliphatic rings. The molecule has 1 aromatic carbocycles. The average molecular weight is 351 g/mol. The summed E-state index contributed by atoms with van der Waals surface area (Å²) < 4.78 is 5.57. The highest BCUT2D eigenvalue weighted by molar-refractivity contribution is 8.00. The Bertz CT molecular complexity index is 920. The number of amides is 1. The Morgan fingerprint density at radius 2 is 2.00 bits per heavy atom. The van der Waals surface area contributed by atoms with Gasteiger partial charge in [0.2, 0.25) is 11.8 Å². The van der Waals surface area contributed by atoms with E-state index in [-0.39, 0.29) is 5.91 Å². The van der Waals surface area contributed by atoms with Crippen molar-refractivity contribution in [3.8, 4) is 17.5 Å². The number of hydrogen-bond acceptors (Lipinski definition) is 7. The van der Waals surface area contributed by atoms with Crippen molar-refractivity contribution in [2.45, 2.75) is 17.4 Å². The molecule has 7 nitrogen and oxygen atoms in total. The zero-order valence-corrected chi connectivity index (χ0v) is 14.0. The lowest BCUT2D eigenvalue weighted by Crippen LogP contribution is -2.22. The lowest BCUT2D eigenvalue weighted by molar-refractivity contribution is -0.115. The van der Waals surface area contributed by atoms with Crippen LogP contribution in [0.2, 0.25) is 0 Å². The summed E-state index contributed by atoms with van der Waals surface area (Å²) in [5.74, 6) is 0.115. The highest BCUT2D eigenvalue weighted by Crippen LogP contribution is 2.26. The van der Waals surface area contributed by atoms with Gasteiger partial charge in [-0.05, 0) is 31.2 Å². The normalized spacial score (nSPS) is 11.5. The number of thioether (sulfide) groups is 1. The van der Waals surface area contributed by atoms with Gasteiger partial charge in [0, 0.05) is 18.0 Å². The molecule has 0 aliphatic heterocycles. The molecule has 0 aliphatic carbocycles. The fraction of sp³-hybridized carbons (Fsp3) is 0.118. The van der Waals surface area contributed by atoms with Crippen molar-refractivity contribution >= 4 is 23.4 Å². The maximum atomic E-state index is 12.3. The molecule has 25 heavy (non-hydrogen) atoms. The number of hydrogen-bond donors (Lipinski definition) is 1. The van der Waals surface area contributed by atoms with Gasteiger partial charge in [-0.2, -0.15) is 5.26 Å². The Hall–Kier alpha value is -3.18. The number of nitrogens with one attached hydrogen (secondary N) is 1. The van der Waals surface area contributed by atoms with E-state index in [0.29, 0.717) is 22.4 Å². The Morgan fingerprint density at radius 3 is 2.76 bits per heavy atom. The van der Waals surface area contributed by atoms with Crippen molar-refractivity contribution in [1.82, 2.24) is 15.2 Å². The third kappa shape index (κ3) is 4.02. The minimum absolute atomic E-state index is 0.253. The van der Waals surface area contributed by atoms with Crippen LogP contribution < -0.4 is 5.32 Å². The molecule has 1 amide bonds. The molecule has 124 valence electrons. The van der Waals surface area contributed by atoms with Gasteiger partial charge >= 0.3 is 0 Å². The van der Waals surface area contributed by atoms with Crippen LogP contribution in [0.1, 0.15) is 12.5 Å². The second-order valence-corrected chi connectivity index (χ2v) is 6.31. The summed E-state index contributed by atoms with van der Waals surface area (Å²) in [6.07, 6.45) is 3.27. The largest absolute Gasteiger partial charge is 0.411 e. The Labute approximate surface area is 148 Å². The third-order valence-electron chi connectivity index (χ3n) is 3.29. The van der Waals surface area contributed by atoms with E-state index >= 15 is 0 Å². The number of para-hydroxylation sites is 1. The summed E-state index contributed by atoms with van der Waals surface area (Å²) in [6.45, 7) is 1.73. The summed E-state index contributed by atoms with van der Waals surface area (Å²) in [6, 6.07) is 12.4. The summed E-state index contributed by atoms with van der Waals surface area (Å²) >= 11 is 1.15. The van der Waals surface area contributed by atoms with E-state index in [1.807, 2.05) is 6.07 Å². The smallest absolute Gasteiger partial charge is 0.277 e. The number of nitriles is 1. The van der Waals surface area contributed by atoms with Crippen molar-refractivity contribution in [2.24, 2.45) is 0 Å². The van der Waals surface area contributed by atoms with E-state index in [4.69, 9.17) is 9.68 Å². The van der Waals surface area contributed by atoms with Crippen LogP contribution in [0.3, 0.4) is 0 Å². The number of benzene rings is 1. The molecule has 1 N–H and O–H groups in total. The highest BCUT2D eigenvalue weighted by atomic mass is 32.2. The lowest BCUT2D eigenvalue weighted by Gasteiger charge is -2.10. The summed E-state index contributed by atoms with van der Waals surface area (Å²) in [5.41, 5.74) is 1.64. The Kier molecular flexibility index (Phi) is 5.06. The highest BCUT2D eigenvalue weighted by Gasteiger charge is 2.19. The summed E-state index contributed by atoms with van der Waals surface area (Å²) in [4.78, 5) is 16.3. The molecule has 3 rings (SSSR count). The second kappa shape index (κ2) is 7.59. The second-order valence-electron chi connectivity index (χ2n) is 5.02. The van der Waals surface area contributed by atoms with E-state index in [2.05, 4.69) is 20.5 Å². The molecule has 0 radical (unpaired) electrons. The van der Waals surface area contributed by atoms with Gasteiger partial charge in [0.25, 0.3) is 5.22 Å². The number of carbonyl (C=O) groups is 1. The molecule has 0 saturated carbocycles. The zero-order chi connectivity index (χ0) is 17.6. The molecule has 2 heterocycles. The van der Waals surface area contributed by atoms with E-state index < -0.39 is 5.25 Å². The van der Waals surface area contributed by atoms with Crippen LogP contribution in [-0.2, 0) is 4.79 Å². The van der Waals surface area contributed by atoms with E-state index in [1.54, 1.807) is 55.7 Å². The van der Waals surface area contributed by atoms with Crippen molar-refractivity contribution in [2.75, 3.05) is 5.32 Å². The van der Waals surface area contributed by atoms with Gasteiger partial charge in [-0.3, -0.25) is 9.78 Å². The molecule has 3 aromatic rings. The molecule has 8 heteroatoms. The predicted molar refractivity (Wildman–Crippen MR) is 92.6 cm³/mol. The maximum absolute atomic E-state index is 12.3. The van der Waals surface area contributed by atoms with Gasteiger partial charge in [-0.15, -0.1) is 10.2 Å². The topological polar surface area (TPSA) is 105 Å². The number of rotatable bonds is 5. The van der Waals surface area contributed by atoms with Crippen LogP contribution in [0, 0.1) is 11.3 Å². The zero-order valence-electron chi connectivity index (χ0n) is 13.2. The van der Waals surface area contributed by atoms with Crippen molar-refractivity contribution < 1.29 is 9.21 Å². The van der Waals surface area contributed by atoms with Gasteiger partial charge in [0.15, 0.2) is 0 Å². The van der Waals surface area contributed by atoms with Crippen LogP contribution in [0.5, 0.6) is 0 Å². The average Bonchev–Trinajstić information content (AvgIpc) is 3.11. The van der Waals surface area contributed by atoms with Gasteiger partial charge in [-0.1, -0.05) is 23.9 Å². The fourth-order valence-corrected chi connectivity index (χ4v) is 2.68. The molecule has 1 atom stereocenters. The lowest BCUT2D eigenvalue weighted by atomic mass is 10.2. The molecular weight excluding hydrogens is 338 g/mol. The molecule has 0 fully saturated rings. The number of pyridine rings is 1. The molecule has 1 unspecified atom stereocenters. The monoisotopic (exact) mass is 351 g/mol. The first kappa shape index (κ1) is 16.7. The quantitative estimate of drug-likeness (QED) is 0.704. The Balaban J connectivity index is 1.66. The Morgan fingerprint density at radius 1 is 1.24 bits per heavy atom. The van der Waals surface area contributed by atoms with Gasteiger partial charge in [0.05, 0.1) is 16.5 Å². The molecule has 2 aromatic heterocycles. The fourth-order valence-electron chi connectivity index (χ4n) is 2.00. The van der Waals surface area contributed by atoms with E-state index in [1.165, 1.54) is 0 Å². The van der Waals surface area contributed by atoms with Crippen molar-refractivity contribution in [3.63, 3.8) is 0 Å². The third-order valence-corrected chi connectivity index (χ3v) is 4.22. The van der Waals surface area contributed by atoms with E-state index in [9.17, 15) is 4.79 Å². The van der Waals surface area contributed by atoms with Crippen LogP contribution in [0.15, 0.2) is 58.4 Å². The van der Waals surface area contributed by atoms with Crippen LogP contribution in [0.25, 0.3) is 11.5 Å². The SMILES string of the molecule is CC(Sc1nnc(-c2ccncc2)o1)C(=O)Nc1ccccc1C#N. The first-order valence-corrected chi connectivity index (χ1v) is 8.26. The molecule has 0 saturated heterocycles. The molecule has 0 bridgehead atoms. The number of nitrogens with zero attached hydrogens (tertiary/aromatic N) is 4. The standard InChI is InChI=1S/C17H13N5O2S/c1-11(15(23)20-14-5-3-2-4-13(14)10-18)25-17-22-21-16(24-17)12-6-8-19-9-7-12/h2-9,11H,1H3,(H,20,23). The van der Waals surface area contributed by atoms with Crippen molar-refractivity contribution in [1.29, 1.82) is 5.26 Å². The first-order chi connectivity index (χ1) is 12.2.